The van der Waals surface area contributed by atoms with Crippen LogP contribution in [0.15, 0.2) is 48.5 Å². The van der Waals surface area contributed by atoms with Crippen LogP contribution in [0.4, 0.5) is 4.79 Å². The van der Waals surface area contributed by atoms with E-state index in [0.717, 1.165) is 30.5 Å². The number of hydrogen-bond acceptors (Lipinski definition) is 2. The third-order valence-electron chi connectivity index (χ3n) is 4.14. The van der Waals surface area contributed by atoms with Gasteiger partial charge in [-0.3, -0.25) is 4.90 Å². The Morgan fingerprint density at radius 1 is 1.04 bits per heavy atom. The summed E-state index contributed by atoms with van der Waals surface area (Å²) in [6.45, 7) is 6.42. The minimum absolute atomic E-state index is 0.261. The standard InChI is InChI=1S/C21H25NO2/c1-21(2,3)24-20(23)22-15-8-4-5-14-19(22)18-13-9-11-16-10-6-7-12-17(16)18/h6-7,9-14H,4-5,8,15H2,1-3H3. The maximum absolute atomic E-state index is 12.7. The number of carbonyl (C=O) groups is 1. The van der Waals surface area contributed by atoms with E-state index in [-0.39, 0.29) is 6.09 Å². The summed E-state index contributed by atoms with van der Waals surface area (Å²) >= 11 is 0. The highest BCUT2D eigenvalue weighted by molar-refractivity contribution is 5.96. The van der Waals surface area contributed by atoms with Crippen molar-refractivity contribution in [1.82, 2.24) is 4.90 Å². The van der Waals surface area contributed by atoms with Gasteiger partial charge in [0, 0.05) is 12.1 Å². The lowest BCUT2D eigenvalue weighted by molar-refractivity contribution is 0.0354. The molecule has 24 heavy (non-hydrogen) atoms. The minimum Gasteiger partial charge on any atom is -0.443 e. The van der Waals surface area contributed by atoms with Gasteiger partial charge in [0.25, 0.3) is 0 Å². The van der Waals surface area contributed by atoms with Crippen LogP contribution in [0.5, 0.6) is 0 Å². The molecule has 2 aromatic rings. The van der Waals surface area contributed by atoms with E-state index in [2.05, 4.69) is 36.4 Å². The number of nitrogens with zero attached hydrogens (tertiary/aromatic N) is 1. The first-order valence-electron chi connectivity index (χ1n) is 8.64. The van der Waals surface area contributed by atoms with E-state index in [9.17, 15) is 4.79 Å². The zero-order valence-corrected chi connectivity index (χ0v) is 14.7. The number of amides is 1. The van der Waals surface area contributed by atoms with Crippen molar-refractivity contribution in [2.45, 2.75) is 45.6 Å². The molecule has 2 aromatic carbocycles. The lowest BCUT2D eigenvalue weighted by atomic mass is 10.0. The molecule has 1 aliphatic rings. The minimum atomic E-state index is -0.493. The Kier molecular flexibility index (Phi) is 4.61. The molecule has 0 bridgehead atoms. The van der Waals surface area contributed by atoms with Crippen LogP contribution >= 0.6 is 0 Å². The number of carbonyl (C=O) groups excluding carboxylic acids is 1. The molecule has 1 heterocycles. The Bertz CT molecular complexity index is 765. The molecule has 0 unspecified atom stereocenters. The quantitative estimate of drug-likeness (QED) is 0.683. The van der Waals surface area contributed by atoms with E-state index in [1.807, 2.05) is 32.9 Å². The number of fused-ring (bicyclic) bond motifs is 1. The van der Waals surface area contributed by atoms with Gasteiger partial charge in [0.15, 0.2) is 0 Å². The van der Waals surface area contributed by atoms with Crippen molar-refractivity contribution in [2.75, 3.05) is 6.54 Å². The highest BCUT2D eigenvalue weighted by atomic mass is 16.6. The van der Waals surface area contributed by atoms with Crippen molar-refractivity contribution >= 4 is 22.6 Å². The summed E-state index contributed by atoms with van der Waals surface area (Å²) in [5, 5.41) is 2.35. The zero-order chi connectivity index (χ0) is 17.2. The number of hydrogen-bond donors (Lipinski definition) is 0. The molecular weight excluding hydrogens is 298 g/mol. The molecule has 1 amide bonds. The Balaban J connectivity index is 2.04. The summed E-state index contributed by atoms with van der Waals surface area (Å²) in [7, 11) is 0. The second-order valence-corrected chi connectivity index (χ2v) is 7.24. The van der Waals surface area contributed by atoms with Gasteiger partial charge in [-0.15, -0.1) is 0 Å². The Labute approximate surface area is 143 Å². The smallest absolute Gasteiger partial charge is 0.414 e. The largest absolute Gasteiger partial charge is 0.443 e. The van der Waals surface area contributed by atoms with Crippen LogP contribution in [0, 0.1) is 0 Å². The maximum atomic E-state index is 12.7. The molecule has 0 radical (unpaired) electrons. The molecule has 126 valence electrons. The molecule has 3 rings (SSSR count). The first-order valence-corrected chi connectivity index (χ1v) is 8.64. The van der Waals surface area contributed by atoms with Crippen molar-refractivity contribution in [3.05, 3.63) is 54.1 Å². The number of benzene rings is 2. The van der Waals surface area contributed by atoms with Crippen LogP contribution in [0.3, 0.4) is 0 Å². The van der Waals surface area contributed by atoms with Gasteiger partial charge in [-0.1, -0.05) is 48.5 Å². The molecule has 1 aliphatic heterocycles. The topological polar surface area (TPSA) is 29.5 Å². The fourth-order valence-electron chi connectivity index (χ4n) is 3.09. The summed E-state index contributed by atoms with van der Waals surface area (Å²) < 4.78 is 5.64. The predicted octanol–water partition coefficient (Wildman–Crippen LogP) is 5.60. The Morgan fingerprint density at radius 3 is 2.58 bits per heavy atom. The Hall–Kier alpha value is -2.29. The molecule has 3 heteroatoms. The van der Waals surface area contributed by atoms with Crippen LogP contribution in [0.2, 0.25) is 0 Å². The molecule has 0 saturated carbocycles. The average Bonchev–Trinajstić information content (AvgIpc) is 2.78. The number of rotatable bonds is 1. The van der Waals surface area contributed by atoms with Crippen molar-refractivity contribution < 1.29 is 9.53 Å². The van der Waals surface area contributed by atoms with Crippen molar-refractivity contribution in [3.8, 4) is 0 Å². The fourth-order valence-corrected chi connectivity index (χ4v) is 3.09. The van der Waals surface area contributed by atoms with E-state index in [0.29, 0.717) is 6.54 Å². The summed E-state index contributed by atoms with van der Waals surface area (Å²) in [4.78, 5) is 14.6. The fraction of sp³-hybridized carbons (Fsp3) is 0.381. The molecule has 0 fully saturated rings. The molecule has 0 N–H and O–H groups in total. The Morgan fingerprint density at radius 2 is 1.79 bits per heavy atom. The highest BCUT2D eigenvalue weighted by Crippen LogP contribution is 2.31. The second-order valence-electron chi connectivity index (χ2n) is 7.24. The molecule has 0 atom stereocenters. The summed E-state index contributed by atoms with van der Waals surface area (Å²) in [5.41, 5.74) is 1.58. The van der Waals surface area contributed by atoms with Crippen LogP contribution in [-0.4, -0.2) is 23.1 Å². The predicted molar refractivity (Wildman–Crippen MR) is 98.7 cm³/mol. The van der Waals surface area contributed by atoms with Gasteiger partial charge in [0.05, 0.1) is 5.70 Å². The van der Waals surface area contributed by atoms with E-state index >= 15 is 0 Å². The number of ether oxygens (including phenoxy) is 1. The monoisotopic (exact) mass is 323 g/mol. The van der Waals surface area contributed by atoms with E-state index in [1.54, 1.807) is 4.90 Å². The van der Waals surface area contributed by atoms with Crippen LogP contribution in [-0.2, 0) is 4.74 Å². The van der Waals surface area contributed by atoms with E-state index in [4.69, 9.17) is 4.74 Å². The van der Waals surface area contributed by atoms with Gasteiger partial charge in [0.1, 0.15) is 5.60 Å². The first kappa shape index (κ1) is 16.6. The third-order valence-corrected chi connectivity index (χ3v) is 4.14. The van der Waals surface area contributed by atoms with E-state index in [1.165, 1.54) is 10.8 Å². The molecule has 0 spiro atoms. The molecular formula is C21H25NO2. The first-order chi connectivity index (χ1) is 11.5. The normalized spacial score (nSPS) is 15.8. The lowest BCUT2D eigenvalue weighted by Crippen LogP contribution is -2.36. The summed E-state index contributed by atoms with van der Waals surface area (Å²) in [5.74, 6) is 0. The average molecular weight is 323 g/mol. The number of allylic oxidation sites excluding steroid dienone is 1. The van der Waals surface area contributed by atoms with E-state index < -0.39 is 5.60 Å². The van der Waals surface area contributed by atoms with Crippen molar-refractivity contribution in [3.63, 3.8) is 0 Å². The summed E-state index contributed by atoms with van der Waals surface area (Å²) in [6.07, 6.45) is 4.98. The van der Waals surface area contributed by atoms with Crippen molar-refractivity contribution in [2.24, 2.45) is 0 Å². The maximum Gasteiger partial charge on any atom is 0.414 e. The van der Waals surface area contributed by atoms with Gasteiger partial charge in [-0.05, 0) is 50.8 Å². The lowest BCUT2D eigenvalue weighted by Gasteiger charge is -2.29. The van der Waals surface area contributed by atoms with Gasteiger partial charge in [0.2, 0.25) is 0 Å². The van der Waals surface area contributed by atoms with Crippen LogP contribution in [0.1, 0.15) is 45.6 Å². The summed E-state index contributed by atoms with van der Waals surface area (Å²) in [6, 6.07) is 14.6. The van der Waals surface area contributed by atoms with Crippen molar-refractivity contribution in [1.29, 1.82) is 0 Å². The van der Waals surface area contributed by atoms with Crippen LogP contribution < -0.4 is 0 Å². The molecule has 0 aliphatic carbocycles. The van der Waals surface area contributed by atoms with Gasteiger partial charge < -0.3 is 4.74 Å². The highest BCUT2D eigenvalue weighted by Gasteiger charge is 2.26. The van der Waals surface area contributed by atoms with Gasteiger partial charge in [-0.2, -0.15) is 0 Å². The second kappa shape index (κ2) is 6.68. The third kappa shape index (κ3) is 3.61. The van der Waals surface area contributed by atoms with Crippen LogP contribution in [0.25, 0.3) is 16.5 Å². The van der Waals surface area contributed by atoms with Gasteiger partial charge >= 0.3 is 6.09 Å². The van der Waals surface area contributed by atoms with Gasteiger partial charge in [-0.25, -0.2) is 4.79 Å². The SMILES string of the molecule is CC(C)(C)OC(=O)N1CCCCC=C1c1cccc2ccccc12. The molecule has 3 nitrogen and oxygen atoms in total. The molecule has 0 saturated heterocycles. The molecule has 0 aromatic heterocycles. The zero-order valence-electron chi connectivity index (χ0n) is 14.7.